The van der Waals surface area contributed by atoms with Crippen molar-refractivity contribution in [3.8, 4) is 5.69 Å². The zero-order valence-electron chi connectivity index (χ0n) is 15.7. The predicted octanol–water partition coefficient (Wildman–Crippen LogP) is 3.63. The Kier molecular flexibility index (Phi) is 5.07. The van der Waals surface area contributed by atoms with Gasteiger partial charge in [-0.15, -0.1) is 0 Å². The highest BCUT2D eigenvalue weighted by Crippen LogP contribution is 2.16. The van der Waals surface area contributed by atoms with Crippen LogP contribution in [0.3, 0.4) is 0 Å². The summed E-state index contributed by atoms with van der Waals surface area (Å²) < 4.78 is 6.21. The fourth-order valence-electron chi connectivity index (χ4n) is 2.88. The van der Waals surface area contributed by atoms with E-state index < -0.39 is 5.97 Å². The number of carbonyl (C=O) groups excluding carboxylic acids is 1. The molecule has 0 amide bonds. The van der Waals surface area contributed by atoms with E-state index in [0.717, 1.165) is 22.5 Å². The molecule has 0 saturated carbocycles. The summed E-state index contributed by atoms with van der Waals surface area (Å²) in [7, 11) is 1.34. The molecule has 0 aliphatic heterocycles. The smallest absolute Gasteiger partial charge is 0.337 e. The van der Waals surface area contributed by atoms with Gasteiger partial charge >= 0.3 is 5.97 Å². The van der Waals surface area contributed by atoms with E-state index in [-0.39, 0.29) is 5.56 Å². The first kappa shape index (κ1) is 18.4. The molecule has 6 nitrogen and oxygen atoms in total. The van der Waals surface area contributed by atoms with Crippen LogP contribution in [0.1, 0.15) is 32.7 Å². The minimum atomic E-state index is -0.400. The number of aliphatic imine (C=N–C) groups is 1. The van der Waals surface area contributed by atoms with E-state index in [0.29, 0.717) is 16.8 Å². The number of methoxy groups -OCH3 is 1. The zero-order valence-corrected chi connectivity index (χ0v) is 15.7. The Labute approximate surface area is 157 Å². The highest BCUT2D eigenvalue weighted by Gasteiger charge is 2.12. The summed E-state index contributed by atoms with van der Waals surface area (Å²) in [6.45, 7) is 5.83. The van der Waals surface area contributed by atoms with Crippen molar-refractivity contribution >= 4 is 17.9 Å². The molecule has 0 aliphatic rings. The summed E-state index contributed by atoms with van der Waals surface area (Å²) >= 11 is 0. The van der Waals surface area contributed by atoms with Crippen LogP contribution in [0, 0.1) is 20.8 Å². The van der Waals surface area contributed by atoms with E-state index in [2.05, 4.69) is 14.8 Å². The number of benzene rings is 2. The molecule has 0 unspecified atom stereocenters. The van der Waals surface area contributed by atoms with Crippen LogP contribution in [0.2, 0.25) is 0 Å². The second-order valence-corrected chi connectivity index (χ2v) is 6.38. The first-order valence-corrected chi connectivity index (χ1v) is 8.52. The molecule has 138 valence electrons. The SMILES string of the molecule is COC(=O)c1ccc(N=Cc2c(C)[nH]n(-c3ccc(C)cc3C)c2=O)cc1. The Morgan fingerprint density at radius 3 is 2.44 bits per heavy atom. The predicted molar refractivity (Wildman–Crippen MR) is 106 cm³/mol. The van der Waals surface area contributed by atoms with Crippen molar-refractivity contribution in [1.82, 2.24) is 9.78 Å². The van der Waals surface area contributed by atoms with E-state index in [4.69, 9.17) is 0 Å². The Balaban J connectivity index is 1.92. The third kappa shape index (κ3) is 3.74. The highest BCUT2D eigenvalue weighted by molar-refractivity contribution is 5.90. The fourth-order valence-corrected chi connectivity index (χ4v) is 2.88. The van der Waals surface area contributed by atoms with Gasteiger partial charge in [-0.3, -0.25) is 14.9 Å². The van der Waals surface area contributed by atoms with Crippen molar-refractivity contribution in [2.45, 2.75) is 20.8 Å². The molecule has 0 fully saturated rings. The van der Waals surface area contributed by atoms with Crippen LogP contribution in [0.25, 0.3) is 5.69 Å². The molecule has 0 radical (unpaired) electrons. The van der Waals surface area contributed by atoms with Gasteiger partial charge in [-0.1, -0.05) is 17.7 Å². The maximum atomic E-state index is 12.8. The summed E-state index contributed by atoms with van der Waals surface area (Å²) in [4.78, 5) is 28.6. The number of hydrogen-bond donors (Lipinski definition) is 1. The number of rotatable bonds is 4. The van der Waals surface area contributed by atoms with Crippen LogP contribution in [-0.2, 0) is 4.74 Å². The van der Waals surface area contributed by atoms with Gasteiger partial charge in [0.2, 0.25) is 0 Å². The Morgan fingerprint density at radius 1 is 1.11 bits per heavy atom. The quantitative estimate of drug-likeness (QED) is 0.568. The van der Waals surface area contributed by atoms with Crippen molar-refractivity contribution in [3.05, 3.63) is 80.8 Å². The maximum absolute atomic E-state index is 12.8. The van der Waals surface area contributed by atoms with E-state index >= 15 is 0 Å². The van der Waals surface area contributed by atoms with Crippen molar-refractivity contribution in [1.29, 1.82) is 0 Å². The van der Waals surface area contributed by atoms with Crippen molar-refractivity contribution in [2.24, 2.45) is 4.99 Å². The van der Waals surface area contributed by atoms with Crippen LogP contribution < -0.4 is 5.56 Å². The molecule has 0 bridgehead atoms. The molecular weight excluding hydrogens is 342 g/mol. The molecule has 0 saturated heterocycles. The molecule has 1 aromatic heterocycles. The largest absolute Gasteiger partial charge is 0.465 e. The van der Waals surface area contributed by atoms with Gasteiger partial charge in [0.25, 0.3) is 5.56 Å². The molecule has 2 aromatic carbocycles. The summed E-state index contributed by atoms with van der Waals surface area (Å²) in [5.74, 6) is -0.400. The Bertz CT molecular complexity index is 1070. The van der Waals surface area contributed by atoms with Crippen molar-refractivity contribution < 1.29 is 9.53 Å². The molecule has 3 rings (SSSR count). The average Bonchev–Trinajstić information content (AvgIpc) is 2.93. The van der Waals surface area contributed by atoms with E-state index in [1.807, 2.05) is 39.0 Å². The number of nitrogens with zero attached hydrogens (tertiary/aromatic N) is 2. The molecule has 1 N–H and O–H groups in total. The molecule has 0 aliphatic carbocycles. The second kappa shape index (κ2) is 7.45. The van der Waals surface area contributed by atoms with Gasteiger partial charge in [0.1, 0.15) is 0 Å². The lowest BCUT2D eigenvalue weighted by atomic mass is 10.1. The fraction of sp³-hybridized carbons (Fsp3) is 0.190. The summed E-state index contributed by atoms with van der Waals surface area (Å²) in [6.07, 6.45) is 1.54. The number of esters is 1. The maximum Gasteiger partial charge on any atom is 0.337 e. The molecule has 27 heavy (non-hydrogen) atoms. The summed E-state index contributed by atoms with van der Waals surface area (Å²) in [6, 6.07) is 12.6. The topological polar surface area (TPSA) is 76.4 Å². The molecule has 0 atom stereocenters. The number of carbonyl (C=O) groups is 1. The molecule has 6 heteroatoms. The Morgan fingerprint density at radius 2 is 1.81 bits per heavy atom. The number of hydrogen-bond acceptors (Lipinski definition) is 4. The van der Waals surface area contributed by atoms with Crippen LogP contribution in [-0.4, -0.2) is 29.1 Å². The van der Waals surface area contributed by atoms with Gasteiger partial charge in [0.05, 0.1) is 29.6 Å². The van der Waals surface area contributed by atoms with Crippen LogP contribution in [0.4, 0.5) is 5.69 Å². The summed E-state index contributed by atoms with van der Waals surface area (Å²) in [5, 5.41) is 3.11. The van der Waals surface area contributed by atoms with Gasteiger partial charge in [-0.2, -0.15) is 0 Å². The number of aromatic amines is 1. The van der Waals surface area contributed by atoms with E-state index in [1.54, 1.807) is 30.5 Å². The van der Waals surface area contributed by atoms with E-state index in [1.165, 1.54) is 11.8 Å². The minimum Gasteiger partial charge on any atom is -0.465 e. The van der Waals surface area contributed by atoms with Crippen molar-refractivity contribution in [2.75, 3.05) is 7.11 Å². The van der Waals surface area contributed by atoms with Crippen LogP contribution in [0.5, 0.6) is 0 Å². The number of aryl methyl sites for hydroxylation is 3. The first-order chi connectivity index (χ1) is 12.9. The van der Waals surface area contributed by atoms with Crippen LogP contribution in [0.15, 0.2) is 52.3 Å². The second-order valence-electron chi connectivity index (χ2n) is 6.38. The van der Waals surface area contributed by atoms with E-state index in [9.17, 15) is 9.59 Å². The number of aromatic nitrogens is 2. The lowest BCUT2D eigenvalue weighted by molar-refractivity contribution is 0.0601. The van der Waals surface area contributed by atoms with Gasteiger partial charge < -0.3 is 4.74 Å². The minimum absolute atomic E-state index is 0.158. The lowest BCUT2D eigenvalue weighted by Crippen LogP contribution is -2.18. The number of nitrogens with one attached hydrogen (secondary N) is 1. The molecule has 3 aromatic rings. The normalized spacial score (nSPS) is 11.1. The van der Waals surface area contributed by atoms with Gasteiger partial charge in [0, 0.05) is 11.9 Å². The standard InChI is InChI=1S/C21H21N3O3/c1-13-5-10-19(14(2)11-13)24-20(25)18(15(3)23-24)12-22-17-8-6-16(7-9-17)21(26)27-4/h5-12,23H,1-4H3. The average molecular weight is 363 g/mol. The summed E-state index contributed by atoms with van der Waals surface area (Å²) in [5.41, 5.74) is 5.13. The lowest BCUT2D eigenvalue weighted by Gasteiger charge is -2.06. The van der Waals surface area contributed by atoms with Crippen LogP contribution >= 0.6 is 0 Å². The molecular formula is C21H21N3O3. The third-order valence-electron chi connectivity index (χ3n) is 4.34. The Hall–Kier alpha value is -3.41. The molecule has 1 heterocycles. The first-order valence-electron chi connectivity index (χ1n) is 8.52. The van der Waals surface area contributed by atoms with Gasteiger partial charge in [0.15, 0.2) is 0 Å². The number of ether oxygens (including phenoxy) is 1. The number of H-pyrrole nitrogens is 1. The third-order valence-corrected chi connectivity index (χ3v) is 4.34. The zero-order chi connectivity index (χ0) is 19.6. The van der Waals surface area contributed by atoms with Gasteiger partial charge in [-0.05, 0) is 56.7 Å². The highest BCUT2D eigenvalue weighted by atomic mass is 16.5. The van der Waals surface area contributed by atoms with Gasteiger partial charge in [-0.25, -0.2) is 9.48 Å². The molecule has 0 spiro atoms. The monoisotopic (exact) mass is 363 g/mol. The van der Waals surface area contributed by atoms with Crippen molar-refractivity contribution in [3.63, 3.8) is 0 Å².